The Morgan fingerprint density at radius 3 is 3.15 bits per heavy atom. The molecule has 3 N–H and O–H groups in total. The second kappa shape index (κ2) is 4.61. The summed E-state index contributed by atoms with van der Waals surface area (Å²) in [6.45, 7) is 2.11. The van der Waals surface area contributed by atoms with Gasteiger partial charge >= 0.3 is 5.97 Å². The third kappa shape index (κ3) is 2.87. The van der Waals surface area contributed by atoms with E-state index in [9.17, 15) is 4.79 Å². The number of hydrogen-bond acceptors (Lipinski definition) is 4. The number of nitrogens with one attached hydrogen (secondary N) is 1. The molecule has 1 unspecified atom stereocenters. The number of H-pyrrole nitrogens is 1. The number of rotatable bonds is 4. The van der Waals surface area contributed by atoms with Crippen LogP contribution in [0.15, 0.2) is 12.4 Å². The minimum absolute atomic E-state index is 0.359. The van der Waals surface area contributed by atoms with Gasteiger partial charge in [-0.3, -0.25) is 9.89 Å². The SMILES string of the molecule is CCOC(=O)C(N)Cc1cn[nH]c1. The Balaban J connectivity index is 2.41. The molecule has 0 amide bonds. The van der Waals surface area contributed by atoms with E-state index >= 15 is 0 Å². The lowest BCUT2D eigenvalue weighted by atomic mass is 10.1. The Kier molecular flexibility index (Phi) is 3.45. The van der Waals surface area contributed by atoms with Gasteiger partial charge in [0.1, 0.15) is 6.04 Å². The average Bonchev–Trinajstić information content (AvgIpc) is 2.57. The van der Waals surface area contributed by atoms with Gasteiger partial charge in [0, 0.05) is 12.6 Å². The van der Waals surface area contributed by atoms with E-state index in [4.69, 9.17) is 10.5 Å². The van der Waals surface area contributed by atoms with E-state index in [0.29, 0.717) is 13.0 Å². The zero-order chi connectivity index (χ0) is 9.68. The molecule has 0 aliphatic heterocycles. The van der Waals surface area contributed by atoms with Gasteiger partial charge in [-0.15, -0.1) is 0 Å². The first kappa shape index (κ1) is 9.73. The van der Waals surface area contributed by atoms with Crippen molar-refractivity contribution in [1.82, 2.24) is 10.2 Å². The normalized spacial score (nSPS) is 12.5. The van der Waals surface area contributed by atoms with Crippen molar-refractivity contribution in [3.63, 3.8) is 0 Å². The van der Waals surface area contributed by atoms with Crippen LogP contribution in [0.3, 0.4) is 0 Å². The van der Waals surface area contributed by atoms with E-state index in [1.807, 2.05) is 0 Å². The van der Waals surface area contributed by atoms with Gasteiger partial charge in [0.2, 0.25) is 0 Å². The van der Waals surface area contributed by atoms with Gasteiger partial charge in [0.25, 0.3) is 0 Å². The molecule has 1 heterocycles. The topological polar surface area (TPSA) is 81.0 Å². The highest BCUT2D eigenvalue weighted by Gasteiger charge is 2.14. The van der Waals surface area contributed by atoms with Crippen LogP contribution in [-0.2, 0) is 16.0 Å². The van der Waals surface area contributed by atoms with Crippen LogP contribution in [0.25, 0.3) is 0 Å². The summed E-state index contributed by atoms with van der Waals surface area (Å²) in [7, 11) is 0. The van der Waals surface area contributed by atoms with Crippen molar-refractivity contribution < 1.29 is 9.53 Å². The van der Waals surface area contributed by atoms with Crippen LogP contribution in [0.5, 0.6) is 0 Å². The number of carbonyl (C=O) groups is 1. The number of carbonyl (C=O) groups excluding carboxylic acids is 1. The summed E-state index contributed by atoms with van der Waals surface area (Å²) in [5, 5.41) is 6.40. The van der Waals surface area contributed by atoms with E-state index in [0.717, 1.165) is 5.56 Å². The Bertz CT molecular complexity index is 258. The maximum atomic E-state index is 11.1. The van der Waals surface area contributed by atoms with Crippen LogP contribution < -0.4 is 5.73 Å². The highest BCUT2D eigenvalue weighted by Crippen LogP contribution is 1.99. The molecule has 0 spiro atoms. The molecule has 5 heteroatoms. The number of aromatic amines is 1. The van der Waals surface area contributed by atoms with Crippen LogP contribution in [0.2, 0.25) is 0 Å². The van der Waals surface area contributed by atoms with Crippen molar-refractivity contribution >= 4 is 5.97 Å². The first-order chi connectivity index (χ1) is 6.24. The summed E-state index contributed by atoms with van der Waals surface area (Å²) >= 11 is 0. The Labute approximate surface area is 76.3 Å². The van der Waals surface area contributed by atoms with Crippen molar-refractivity contribution in [2.45, 2.75) is 19.4 Å². The molecule has 1 atom stereocenters. The zero-order valence-corrected chi connectivity index (χ0v) is 7.49. The fourth-order valence-corrected chi connectivity index (χ4v) is 0.976. The van der Waals surface area contributed by atoms with Crippen molar-refractivity contribution in [2.24, 2.45) is 5.73 Å². The van der Waals surface area contributed by atoms with Crippen LogP contribution >= 0.6 is 0 Å². The molecule has 0 saturated heterocycles. The summed E-state index contributed by atoms with van der Waals surface area (Å²) in [4.78, 5) is 11.1. The Morgan fingerprint density at radius 1 is 1.85 bits per heavy atom. The molecule has 0 bridgehead atoms. The fraction of sp³-hybridized carbons (Fsp3) is 0.500. The van der Waals surface area contributed by atoms with Crippen molar-refractivity contribution in [2.75, 3.05) is 6.61 Å². The number of nitrogens with two attached hydrogens (primary N) is 1. The smallest absolute Gasteiger partial charge is 0.323 e. The number of nitrogens with zero attached hydrogens (tertiary/aromatic N) is 1. The maximum absolute atomic E-state index is 11.1. The van der Waals surface area contributed by atoms with Gasteiger partial charge in [-0.05, 0) is 12.5 Å². The minimum Gasteiger partial charge on any atom is -0.465 e. The highest BCUT2D eigenvalue weighted by atomic mass is 16.5. The maximum Gasteiger partial charge on any atom is 0.323 e. The lowest BCUT2D eigenvalue weighted by Gasteiger charge is -2.08. The standard InChI is InChI=1S/C8H13N3O2/c1-2-13-8(12)7(9)3-6-4-10-11-5-6/h4-5,7H,2-3,9H2,1H3,(H,10,11). The average molecular weight is 183 g/mol. The fourth-order valence-electron chi connectivity index (χ4n) is 0.976. The quantitative estimate of drug-likeness (QED) is 0.636. The highest BCUT2D eigenvalue weighted by molar-refractivity contribution is 5.75. The molecular weight excluding hydrogens is 170 g/mol. The second-order valence-corrected chi connectivity index (χ2v) is 2.67. The molecule has 5 nitrogen and oxygen atoms in total. The molecule has 0 fully saturated rings. The monoisotopic (exact) mass is 183 g/mol. The second-order valence-electron chi connectivity index (χ2n) is 2.67. The van der Waals surface area contributed by atoms with Crippen molar-refractivity contribution in [3.8, 4) is 0 Å². The molecule has 1 aromatic heterocycles. The van der Waals surface area contributed by atoms with Gasteiger partial charge in [-0.1, -0.05) is 0 Å². The first-order valence-electron chi connectivity index (χ1n) is 4.14. The van der Waals surface area contributed by atoms with E-state index < -0.39 is 6.04 Å². The number of hydrogen-bond donors (Lipinski definition) is 2. The molecule has 0 aromatic carbocycles. The van der Waals surface area contributed by atoms with Crippen molar-refractivity contribution in [3.05, 3.63) is 18.0 Å². The summed E-state index contributed by atoms with van der Waals surface area (Å²) in [5.41, 5.74) is 6.48. The predicted molar refractivity (Wildman–Crippen MR) is 46.9 cm³/mol. The summed E-state index contributed by atoms with van der Waals surface area (Å²) in [6, 6.07) is -0.599. The van der Waals surface area contributed by atoms with Crippen LogP contribution in [0.4, 0.5) is 0 Å². The summed E-state index contributed by atoms with van der Waals surface area (Å²) < 4.78 is 4.76. The molecule has 1 rings (SSSR count). The molecular formula is C8H13N3O2. The molecule has 1 aromatic rings. The number of aromatic nitrogens is 2. The molecule has 0 aliphatic rings. The summed E-state index contributed by atoms with van der Waals surface area (Å²) in [5.74, 6) is -0.372. The number of ether oxygens (including phenoxy) is 1. The first-order valence-corrected chi connectivity index (χ1v) is 4.14. The van der Waals surface area contributed by atoms with Gasteiger partial charge in [-0.2, -0.15) is 5.10 Å². The van der Waals surface area contributed by atoms with Crippen molar-refractivity contribution in [1.29, 1.82) is 0 Å². The molecule has 72 valence electrons. The number of esters is 1. The van der Waals surface area contributed by atoms with Crippen LogP contribution in [0.1, 0.15) is 12.5 Å². The van der Waals surface area contributed by atoms with E-state index in [1.165, 1.54) is 0 Å². The lowest BCUT2D eigenvalue weighted by molar-refractivity contribution is -0.144. The minimum atomic E-state index is -0.599. The van der Waals surface area contributed by atoms with E-state index in [1.54, 1.807) is 19.3 Å². The third-order valence-electron chi connectivity index (χ3n) is 1.60. The van der Waals surface area contributed by atoms with E-state index in [2.05, 4.69) is 10.2 Å². The van der Waals surface area contributed by atoms with E-state index in [-0.39, 0.29) is 5.97 Å². The largest absolute Gasteiger partial charge is 0.465 e. The van der Waals surface area contributed by atoms with Gasteiger partial charge in [0.05, 0.1) is 12.8 Å². The molecule has 0 radical (unpaired) electrons. The van der Waals surface area contributed by atoms with Crippen LogP contribution in [0, 0.1) is 0 Å². The lowest BCUT2D eigenvalue weighted by Crippen LogP contribution is -2.34. The van der Waals surface area contributed by atoms with Gasteiger partial charge < -0.3 is 10.5 Å². The third-order valence-corrected chi connectivity index (χ3v) is 1.60. The Morgan fingerprint density at radius 2 is 2.62 bits per heavy atom. The van der Waals surface area contributed by atoms with Crippen LogP contribution in [-0.4, -0.2) is 28.8 Å². The molecule has 0 aliphatic carbocycles. The van der Waals surface area contributed by atoms with Gasteiger partial charge in [0.15, 0.2) is 0 Å². The molecule has 0 saturated carbocycles. The summed E-state index contributed by atoms with van der Waals surface area (Å²) in [6.07, 6.45) is 3.80. The molecule has 13 heavy (non-hydrogen) atoms. The predicted octanol–water partition coefficient (Wildman–Crippen LogP) is -0.157. The zero-order valence-electron chi connectivity index (χ0n) is 7.49. The van der Waals surface area contributed by atoms with Gasteiger partial charge in [-0.25, -0.2) is 0 Å². The Hall–Kier alpha value is -1.36.